The van der Waals surface area contributed by atoms with Crippen LogP contribution >= 0.6 is 0 Å². The van der Waals surface area contributed by atoms with Gasteiger partial charge in [0.1, 0.15) is 0 Å². The molecule has 0 aromatic rings. The van der Waals surface area contributed by atoms with Gasteiger partial charge >= 0.3 is 7.12 Å². The van der Waals surface area contributed by atoms with Gasteiger partial charge in [-0.3, -0.25) is 4.79 Å². The molecule has 1 rings (SSSR count). The van der Waals surface area contributed by atoms with Crippen LogP contribution in [-0.2, 0) is 4.79 Å². The third-order valence-electron chi connectivity index (χ3n) is 2.05. The lowest BCUT2D eigenvalue weighted by Gasteiger charge is -2.21. The minimum atomic E-state index is -1.39. The molecule has 1 amide bonds. The van der Waals surface area contributed by atoms with Crippen molar-refractivity contribution >= 4 is 13.0 Å². The van der Waals surface area contributed by atoms with E-state index in [0.717, 1.165) is 6.42 Å². The summed E-state index contributed by atoms with van der Waals surface area (Å²) in [5, 5.41) is 17.7. The second-order valence-corrected chi connectivity index (χ2v) is 2.84. The zero-order chi connectivity index (χ0) is 8.43. The molecule has 0 spiro atoms. The van der Waals surface area contributed by atoms with E-state index in [1.165, 1.54) is 11.8 Å². The minimum absolute atomic E-state index is 0.0828. The lowest BCUT2D eigenvalue weighted by molar-refractivity contribution is -0.128. The van der Waals surface area contributed by atoms with Gasteiger partial charge in [-0.15, -0.1) is 0 Å². The molecule has 1 aliphatic rings. The topological polar surface area (TPSA) is 60.8 Å². The summed E-state index contributed by atoms with van der Waals surface area (Å²) in [4.78, 5) is 12.4. The van der Waals surface area contributed by atoms with Crippen molar-refractivity contribution in [1.82, 2.24) is 4.90 Å². The first kappa shape index (κ1) is 8.55. The molecule has 2 N–H and O–H groups in total. The van der Waals surface area contributed by atoms with Gasteiger partial charge in [0.15, 0.2) is 0 Å². The van der Waals surface area contributed by atoms with E-state index in [0.29, 0.717) is 13.0 Å². The summed E-state index contributed by atoms with van der Waals surface area (Å²) in [6.07, 6.45) is 1.55. The van der Waals surface area contributed by atoms with Crippen molar-refractivity contribution in [2.75, 3.05) is 6.54 Å². The zero-order valence-electron chi connectivity index (χ0n) is 6.53. The lowest BCUT2D eigenvalue weighted by atomic mass is 9.78. The van der Waals surface area contributed by atoms with Crippen molar-refractivity contribution in [2.45, 2.75) is 25.7 Å². The van der Waals surface area contributed by atoms with Gasteiger partial charge in [-0.25, -0.2) is 0 Å². The Kier molecular flexibility index (Phi) is 2.51. The Balaban J connectivity index is 2.58. The van der Waals surface area contributed by atoms with E-state index in [-0.39, 0.29) is 11.8 Å². The van der Waals surface area contributed by atoms with E-state index >= 15 is 0 Å². The Bertz CT molecular complexity index is 162. The summed E-state index contributed by atoms with van der Waals surface area (Å²) < 4.78 is 0. The van der Waals surface area contributed by atoms with E-state index in [1.807, 2.05) is 0 Å². The third kappa shape index (κ3) is 1.72. The fraction of sp³-hybridized carbons (Fsp3) is 0.833. The first-order chi connectivity index (χ1) is 5.13. The SMILES string of the molecule is CC(=O)N1CCC[C@H]1B(O)O. The number of carbonyl (C=O) groups is 1. The quantitative estimate of drug-likeness (QED) is 0.480. The van der Waals surface area contributed by atoms with Gasteiger partial charge in [0, 0.05) is 13.5 Å². The van der Waals surface area contributed by atoms with Gasteiger partial charge in [-0.05, 0) is 12.8 Å². The molecule has 0 aromatic carbocycles. The number of carbonyl (C=O) groups excluding carboxylic acids is 1. The van der Waals surface area contributed by atoms with Crippen LogP contribution in [0.1, 0.15) is 19.8 Å². The molecule has 11 heavy (non-hydrogen) atoms. The fourth-order valence-electron chi connectivity index (χ4n) is 1.49. The van der Waals surface area contributed by atoms with Crippen molar-refractivity contribution in [3.8, 4) is 0 Å². The van der Waals surface area contributed by atoms with Crippen LogP contribution in [0.15, 0.2) is 0 Å². The predicted molar refractivity (Wildman–Crippen MR) is 40.6 cm³/mol. The van der Waals surface area contributed by atoms with Crippen LogP contribution < -0.4 is 0 Å². The van der Waals surface area contributed by atoms with Crippen LogP contribution in [0.5, 0.6) is 0 Å². The predicted octanol–water partition coefficient (Wildman–Crippen LogP) is -0.991. The van der Waals surface area contributed by atoms with Crippen molar-refractivity contribution in [3.63, 3.8) is 0 Å². The number of nitrogens with zero attached hydrogens (tertiary/aromatic N) is 1. The zero-order valence-corrected chi connectivity index (χ0v) is 6.53. The van der Waals surface area contributed by atoms with Crippen LogP contribution in [0, 0.1) is 0 Å². The van der Waals surface area contributed by atoms with Gasteiger partial charge in [0.2, 0.25) is 5.91 Å². The van der Waals surface area contributed by atoms with Gasteiger partial charge < -0.3 is 14.9 Å². The number of rotatable bonds is 1. The maximum Gasteiger partial charge on any atom is 0.475 e. The molecule has 1 aliphatic heterocycles. The highest BCUT2D eigenvalue weighted by Gasteiger charge is 2.35. The molecule has 4 nitrogen and oxygen atoms in total. The normalized spacial score (nSPS) is 23.9. The number of amides is 1. The largest absolute Gasteiger partial charge is 0.475 e. The Labute approximate surface area is 66.0 Å². The molecule has 0 saturated carbocycles. The molecule has 0 bridgehead atoms. The number of hydrogen-bond acceptors (Lipinski definition) is 3. The van der Waals surface area contributed by atoms with Crippen LogP contribution in [-0.4, -0.2) is 40.5 Å². The molecular formula is C6H12BNO3. The highest BCUT2D eigenvalue weighted by atomic mass is 16.4. The van der Waals surface area contributed by atoms with Crippen molar-refractivity contribution in [1.29, 1.82) is 0 Å². The molecule has 62 valence electrons. The maximum atomic E-state index is 10.9. The van der Waals surface area contributed by atoms with Crippen molar-refractivity contribution in [3.05, 3.63) is 0 Å². The summed E-state index contributed by atoms with van der Waals surface area (Å²) in [5.74, 6) is -0.465. The summed E-state index contributed by atoms with van der Waals surface area (Å²) in [6.45, 7) is 2.10. The molecule has 0 unspecified atom stereocenters. The average molecular weight is 157 g/mol. The average Bonchev–Trinajstić information content (AvgIpc) is 2.32. The molecule has 1 atom stereocenters. The molecule has 1 fully saturated rings. The molecule has 5 heteroatoms. The first-order valence-electron chi connectivity index (χ1n) is 3.76. The van der Waals surface area contributed by atoms with E-state index in [1.54, 1.807) is 0 Å². The minimum Gasteiger partial charge on any atom is -0.426 e. The van der Waals surface area contributed by atoms with Gasteiger partial charge in [0.25, 0.3) is 0 Å². The van der Waals surface area contributed by atoms with Gasteiger partial charge in [-0.2, -0.15) is 0 Å². The molecule has 0 aromatic heterocycles. The van der Waals surface area contributed by atoms with Crippen molar-refractivity contribution in [2.24, 2.45) is 0 Å². The highest BCUT2D eigenvalue weighted by molar-refractivity contribution is 6.43. The van der Waals surface area contributed by atoms with E-state index in [2.05, 4.69) is 0 Å². The van der Waals surface area contributed by atoms with Gasteiger partial charge in [0.05, 0.1) is 5.94 Å². The number of hydrogen-bond donors (Lipinski definition) is 2. The summed E-state index contributed by atoms with van der Waals surface area (Å²) in [6, 6.07) is 0. The van der Waals surface area contributed by atoms with E-state index in [4.69, 9.17) is 10.0 Å². The molecule has 0 aliphatic carbocycles. The Morgan fingerprint density at radius 1 is 1.64 bits per heavy atom. The maximum absolute atomic E-state index is 10.9. The van der Waals surface area contributed by atoms with E-state index < -0.39 is 7.12 Å². The Morgan fingerprint density at radius 3 is 2.64 bits per heavy atom. The molecule has 1 heterocycles. The molecule has 1 saturated heterocycles. The third-order valence-corrected chi connectivity index (χ3v) is 2.05. The summed E-state index contributed by atoms with van der Waals surface area (Å²) in [7, 11) is -1.39. The van der Waals surface area contributed by atoms with Crippen LogP contribution in [0.25, 0.3) is 0 Å². The lowest BCUT2D eigenvalue weighted by Crippen LogP contribution is -2.44. The van der Waals surface area contributed by atoms with Crippen LogP contribution in [0.3, 0.4) is 0 Å². The highest BCUT2D eigenvalue weighted by Crippen LogP contribution is 2.17. The Morgan fingerprint density at radius 2 is 2.27 bits per heavy atom. The fourth-order valence-corrected chi connectivity index (χ4v) is 1.49. The van der Waals surface area contributed by atoms with Gasteiger partial charge in [-0.1, -0.05) is 0 Å². The summed E-state index contributed by atoms with van der Waals surface area (Å²) in [5.41, 5.74) is 0. The second kappa shape index (κ2) is 3.23. The number of likely N-dealkylation sites (tertiary alicyclic amines) is 1. The Hall–Kier alpha value is -0.545. The summed E-state index contributed by atoms with van der Waals surface area (Å²) >= 11 is 0. The molecule has 0 radical (unpaired) electrons. The first-order valence-corrected chi connectivity index (χ1v) is 3.76. The van der Waals surface area contributed by atoms with Crippen molar-refractivity contribution < 1.29 is 14.8 Å². The van der Waals surface area contributed by atoms with Crippen LogP contribution in [0.2, 0.25) is 0 Å². The van der Waals surface area contributed by atoms with Crippen LogP contribution in [0.4, 0.5) is 0 Å². The standard InChI is InChI=1S/C6H12BNO3/c1-5(9)8-4-2-3-6(8)7(10)11/h6,10-11H,2-4H2,1H3/t6-/m0/s1. The smallest absolute Gasteiger partial charge is 0.426 e. The molecular weight excluding hydrogens is 145 g/mol. The van der Waals surface area contributed by atoms with E-state index in [9.17, 15) is 4.79 Å². The second-order valence-electron chi connectivity index (χ2n) is 2.84. The monoisotopic (exact) mass is 157 g/mol.